The number of hydrogen-bond acceptors (Lipinski definition) is 4. The van der Waals surface area contributed by atoms with Crippen LogP contribution < -0.4 is 10.5 Å². The van der Waals surface area contributed by atoms with Crippen LogP contribution in [0.2, 0.25) is 0 Å². The largest absolute Gasteiger partial charge is 0.479 e. The molecule has 0 bridgehead atoms. The molecule has 2 aromatic heterocycles. The maximum Gasteiger partial charge on any atom is 0.238 e. The summed E-state index contributed by atoms with van der Waals surface area (Å²) in [5, 5.41) is 7.43. The Bertz CT molecular complexity index is 409. The lowest BCUT2D eigenvalue weighted by molar-refractivity contribution is 0.401. The molecule has 3 N–H and O–H groups in total. The van der Waals surface area contributed by atoms with Crippen LogP contribution in [-0.2, 0) is 0 Å². The van der Waals surface area contributed by atoms with Crippen molar-refractivity contribution in [2.24, 2.45) is 0 Å². The summed E-state index contributed by atoms with van der Waals surface area (Å²) in [7, 11) is 1.53. The Morgan fingerprint density at radius 1 is 1.58 bits per heavy atom. The van der Waals surface area contributed by atoms with Crippen LogP contribution in [0.4, 0.5) is 5.69 Å². The van der Waals surface area contributed by atoms with E-state index in [1.807, 2.05) is 0 Å². The number of aromatic amines is 1. The van der Waals surface area contributed by atoms with Crippen LogP contribution >= 0.6 is 0 Å². The van der Waals surface area contributed by atoms with Crippen LogP contribution in [0.15, 0.2) is 12.3 Å². The summed E-state index contributed by atoms with van der Waals surface area (Å²) in [5.74, 6) is 0.423. The Hall–Kier alpha value is -1.78. The predicted octanol–water partition coefficient (Wildman–Crippen LogP) is 0.549. The standard InChI is InChI=1S/C7H8N4O/c1-12-7-5(8)2-4-3-9-11-6(4)10-7/h2-3H,8H2,1H3,(H,9,10,11). The van der Waals surface area contributed by atoms with Crippen molar-refractivity contribution in [2.75, 3.05) is 12.8 Å². The van der Waals surface area contributed by atoms with Gasteiger partial charge in [0.05, 0.1) is 19.0 Å². The summed E-state index contributed by atoms with van der Waals surface area (Å²) in [6.45, 7) is 0. The van der Waals surface area contributed by atoms with E-state index in [9.17, 15) is 0 Å². The zero-order valence-electron chi connectivity index (χ0n) is 6.53. The summed E-state index contributed by atoms with van der Waals surface area (Å²) in [6, 6.07) is 1.77. The molecule has 0 spiro atoms. The van der Waals surface area contributed by atoms with Crippen LogP contribution in [0.5, 0.6) is 5.88 Å². The van der Waals surface area contributed by atoms with Crippen LogP contribution in [0, 0.1) is 0 Å². The Morgan fingerprint density at radius 3 is 3.17 bits per heavy atom. The van der Waals surface area contributed by atoms with E-state index in [0.29, 0.717) is 17.2 Å². The number of pyridine rings is 1. The van der Waals surface area contributed by atoms with Crippen LogP contribution in [0.3, 0.4) is 0 Å². The second kappa shape index (κ2) is 2.37. The van der Waals surface area contributed by atoms with Gasteiger partial charge in [0.2, 0.25) is 5.88 Å². The lowest BCUT2D eigenvalue weighted by Crippen LogP contribution is -1.94. The highest BCUT2D eigenvalue weighted by Gasteiger charge is 2.04. The molecule has 5 nitrogen and oxygen atoms in total. The van der Waals surface area contributed by atoms with Gasteiger partial charge in [-0.3, -0.25) is 5.10 Å². The summed E-state index contributed by atoms with van der Waals surface area (Å²) in [4.78, 5) is 4.09. The highest BCUT2D eigenvalue weighted by atomic mass is 16.5. The molecule has 0 radical (unpaired) electrons. The van der Waals surface area contributed by atoms with Gasteiger partial charge in [-0.25, -0.2) is 0 Å². The Labute approximate surface area is 68.5 Å². The molecule has 0 saturated carbocycles. The average Bonchev–Trinajstić information content (AvgIpc) is 2.49. The van der Waals surface area contributed by atoms with Crippen molar-refractivity contribution >= 4 is 16.7 Å². The first-order valence-electron chi connectivity index (χ1n) is 3.45. The van der Waals surface area contributed by atoms with Gasteiger partial charge >= 0.3 is 0 Å². The van der Waals surface area contributed by atoms with Gasteiger partial charge in [0.25, 0.3) is 0 Å². The second-order valence-corrected chi connectivity index (χ2v) is 2.39. The third-order valence-electron chi connectivity index (χ3n) is 1.61. The van der Waals surface area contributed by atoms with Crippen LogP contribution in [0.1, 0.15) is 0 Å². The van der Waals surface area contributed by atoms with Gasteiger partial charge in [-0.05, 0) is 6.07 Å². The first-order chi connectivity index (χ1) is 5.81. The maximum absolute atomic E-state index is 5.63. The van der Waals surface area contributed by atoms with E-state index in [1.54, 1.807) is 12.3 Å². The second-order valence-electron chi connectivity index (χ2n) is 2.39. The topological polar surface area (TPSA) is 76.8 Å². The van der Waals surface area contributed by atoms with Crippen LogP contribution in [0.25, 0.3) is 11.0 Å². The number of H-pyrrole nitrogens is 1. The van der Waals surface area contributed by atoms with Gasteiger partial charge in [-0.2, -0.15) is 10.1 Å². The number of aromatic nitrogens is 3. The van der Waals surface area contributed by atoms with Crippen molar-refractivity contribution in [2.45, 2.75) is 0 Å². The first kappa shape index (κ1) is 6.90. The predicted molar refractivity (Wildman–Crippen MR) is 44.9 cm³/mol. The van der Waals surface area contributed by atoms with E-state index in [2.05, 4.69) is 15.2 Å². The fourth-order valence-electron chi connectivity index (χ4n) is 1.04. The van der Waals surface area contributed by atoms with E-state index in [0.717, 1.165) is 5.39 Å². The Morgan fingerprint density at radius 2 is 2.42 bits per heavy atom. The zero-order chi connectivity index (χ0) is 8.55. The maximum atomic E-state index is 5.63. The number of nitrogen functional groups attached to an aromatic ring is 1. The molecule has 0 aromatic carbocycles. The SMILES string of the molecule is COc1nc2[nH]ncc2cc1N. The van der Waals surface area contributed by atoms with Crippen molar-refractivity contribution in [3.63, 3.8) is 0 Å². The minimum atomic E-state index is 0.423. The normalized spacial score (nSPS) is 10.4. The third kappa shape index (κ3) is 0.868. The molecule has 0 atom stereocenters. The average molecular weight is 164 g/mol. The number of fused-ring (bicyclic) bond motifs is 1. The highest BCUT2D eigenvalue weighted by Crippen LogP contribution is 2.21. The molecule has 2 rings (SSSR count). The molecule has 0 aliphatic carbocycles. The Balaban J connectivity index is 2.73. The molecule has 0 saturated heterocycles. The van der Waals surface area contributed by atoms with E-state index in [4.69, 9.17) is 10.5 Å². The number of nitrogens with zero attached hydrogens (tertiary/aromatic N) is 2. The molecule has 0 unspecified atom stereocenters. The van der Waals surface area contributed by atoms with Gasteiger partial charge in [0.1, 0.15) is 0 Å². The molecule has 5 heteroatoms. The molecule has 2 heterocycles. The summed E-state index contributed by atoms with van der Waals surface area (Å²) >= 11 is 0. The van der Waals surface area contributed by atoms with Gasteiger partial charge < -0.3 is 10.5 Å². The number of nitrogens with one attached hydrogen (secondary N) is 1. The van der Waals surface area contributed by atoms with E-state index >= 15 is 0 Å². The zero-order valence-corrected chi connectivity index (χ0v) is 6.53. The van der Waals surface area contributed by atoms with E-state index in [-0.39, 0.29) is 0 Å². The smallest absolute Gasteiger partial charge is 0.238 e. The first-order valence-corrected chi connectivity index (χ1v) is 3.45. The molecule has 62 valence electrons. The van der Waals surface area contributed by atoms with Crippen molar-refractivity contribution < 1.29 is 4.74 Å². The lowest BCUT2D eigenvalue weighted by Gasteiger charge is -2.01. The minimum Gasteiger partial charge on any atom is -0.479 e. The number of methoxy groups -OCH3 is 1. The van der Waals surface area contributed by atoms with Crippen molar-refractivity contribution in [1.82, 2.24) is 15.2 Å². The minimum absolute atomic E-state index is 0.423. The van der Waals surface area contributed by atoms with Gasteiger partial charge in [0.15, 0.2) is 5.65 Å². The van der Waals surface area contributed by atoms with Crippen LogP contribution in [-0.4, -0.2) is 22.3 Å². The van der Waals surface area contributed by atoms with Gasteiger partial charge in [-0.15, -0.1) is 0 Å². The number of ether oxygens (including phenoxy) is 1. The number of anilines is 1. The molecule has 2 aromatic rings. The molecule has 12 heavy (non-hydrogen) atoms. The van der Waals surface area contributed by atoms with Crippen molar-refractivity contribution in [1.29, 1.82) is 0 Å². The molecule has 0 aliphatic heterocycles. The van der Waals surface area contributed by atoms with E-state index in [1.165, 1.54) is 7.11 Å². The lowest BCUT2D eigenvalue weighted by atomic mass is 10.3. The van der Waals surface area contributed by atoms with E-state index < -0.39 is 0 Å². The highest BCUT2D eigenvalue weighted by molar-refractivity contribution is 5.79. The fraction of sp³-hybridized carbons (Fsp3) is 0.143. The van der Waals surface area contributed by atoms with Gasteiger partial charge in [-0.1, -0.05) is 0 Å². The molecule has 0 aliphatic rings. The van der Waals surface area contributed by atoms with Gasteiger partial charge in [0, 0.05) is 5.39 Å². The third-order valence-corrected chi connectivity index (χ3v) is 1.61. The summed E-state index contributed by atoms with van der Waals surface area (Å²) < 4.78 is 4.94. The number of hydrogen-bond donors (Lipinski definition) is 2. The molecular weight excluding hydrogens is 156 g/mol. The fourth-order valence-corrected chi connectivity index (χ4v) is 1.04. The quantitative estimate of drug-likeness (QED) is 0.645. The molecule has 0 fully saturated rings. The van der Waals surface area contributed by atoms with Crippen molar-refractivity contribution in [3.8, 4) is 5.88 Å². The number of nitrogens with two attached hydrogens (primary N) is 1. The summed E-state index contributed by atoms with van der Waals surface area (Å²) in [5.41, 5.74) is 6.83. The molecular formula is C7H8N4O. The summed E-state index contributed by atoms with van der Waals surface area (Å²) in [6.07, 6.45) is 1.66. The number of rotatable bonds is 1. The van der Waals surface area contributed by atoms with Crippen molar-refractivity contribution in [3.05, 3.63) is 12.3 Å². The Kier molecular flexibility index (Phi) is 1.36. The molecule has 0 amide bonds. The monoisotopic (exact) mass is 164 g/mol.